The van der Waals surface area contributed by atoms with Crippen LogP contribution in [-0.2, 0) is 12.8 Å². The van der Waals surface area contributed by atoms with Gasteiger partial charge in [-0.3, -0.25) is 4.90 Å². The van der Waals surface area contributed by atoms with Gasteiger partial charge in [-0.05, 0) is 43.9 Å². The molecule has 0 spiro atoms. The Hall–Kier alpha value is -1.06. The van der Waals surface area contributed by atoms with E-state index in [1.54, 1.807) is 0 Å². The molecule has 0 aromatic heterocycles. The Kier molecular flexibility index (Phi) is 4.23. The second-order valence-electron chi connectivity index (χ2n) is 6.87. The standard InChI is InChI=1S/C18H28N2O/c1-4-18(3)13-19-14(2)12-20(18)9-7-15-5-6-17-16(11-15)8-10-21-17/h5-6,11,14,19H,4,7-10,12-13H2,1-3H3. The summed E-state index contributed by atoms with van der Waals surface area (Å²) in [6.45, 7) is 11.2. The molecule has 1 aromatic rings. The summed E-state index contributed by atoms with van der Waals surface area (Å²) in [5.41, 5.74) is 3.13. The summed E-state index contributed by atoms with van der Waals surface area (Å²) < 4.78 is 5.59. The molecule has 1 aromatic carbocycles. The predicted octanol–water partition coefficient (Wildman–Crippen LogP) is 2.63. The van der Waals surface area contributed by atoms with E-state index in [0.717, 1.165) is 44.8 Å². The fourth-order valence-corrected chi connectivity index (χ4v) is 3.49. The third kappa shape index (κ3) is 3.09. The molecule has 2 unspecified atom stereocenters. The third-order valence-electron chi connectivity index (χ3n) is 5.27. The number of nitrogens with zero attached hydrogens (tertiary/aromatic N) is 1. The van der Waals surface area contributed by atoms with E-state index in [4.69, 9.17) is 4.74 Å². The molecular formula is C18H28N2O. The lowest BCUT2D eigenvalue weighted by atomic mass is 9.91. The molecule has 2 heterocycles. The average Bonchev–Trinajstić information content (AvgIpc) is 2.96. The Balaban J connectivity index is 1.65. The summed E-state index contributed by atoms with van der Waals surface area (Å²) in [6.07, 6.45) is 3.40. The molecule has 0 bridgehead atoms. The van der Waals surface area contributed by atoms with Gasteiger partial charge in [-0.15, -0.1) is 0 Å². The van der Waals surface area contributed by atoms with E-state index in [1.807, 2.05) is 0 Å². The van der Waals surface area contributed by atoms with Gasteiger partial charge in [-0.1, -0.05) is 19.1 Å². The topological polar surface area (TPSA) is 24.5 Å². The maximum Gasteiger partial charge on any atom is 0.122 e. The van der Waals surface area contributed by atoms with Gasteiger partial charge in [-0.25, -0.2) is 0 Å². The van der Waals surface area contributed by atoms with Crippen molar-refractivity contribution in [3.8, 4) is 5.75 Å². The van der Waals surface area contributed by atoms with Crippen LogP contribution < -0.4 is 10.1 Å². The highest BCUT2D eigenvalue weighted by Crippen LogP contribution is 2.27. The molecule has 0 amide bonds. The first-order valence-corrected chi connectivity index (χ1v) is 8.34. The van der Waals surface area contributed by atoms with Gasteiger partial charge < -0.3 is 10.1 Å². The van der Waals surface area contributed by atoms with E-state index in [0.29, 0.717) is 11.6 Å². The van der Waals surface area contributed by atoms with Gasteiger partial charge in [0.25, 0.3) is 0 Å². The molecule has 0 saturated carbocycles. The van der Waals surface area contributed by atoms with Crippen molar-refractivity contribution in [2.45, 2.75) is 51.6 Å². The number of piperazine rings is 1. The maximum absolute atomic E-state index is 5.59. The highest BCUT2D eigenvalue weighted by Gasteiger charge is 2.34. The largest absolute Gasteiger partial charge is 0.493 e. The highest BCUT2D eigenvalue weighted by molar-refractivity contribution is 5.39. The Bertz CT molecular complexity index is 502. The van der Waals surface area contributed by atoms with E-state index in [2.05, 4.69) is 49.2 Å². The lowest BCUT2D eigenvalue weighted by Gasteiger charge is -2.47. The van der Waals surface area contributed by atoms with Gasteiger partial charge in [0, 0.05) is 37.6 Å². The van der Waals surface area contributed by atoms with Gasteiger partial charge in [0.15, 0.2) is 0 Å². The first-order chi connectivity index (χ1) is 10.1. The smallest absolute Gasteiger partial charge is 0.122 e. The van der Waals surface area contributed by atoms with E-state index in [9.17, 15) is 0 Å². The monoisotopic (exact) mass is 288 g/mol. The number of nitrogens with one attached hydrogen (secondary N) is 1. The SMILES string of the molecule is CCC1(C)CNC(C)CN1CCc1ccc2c(c1)CCO2. The van der Waals surface area contributed by atoms with Crippen LogP contribution in [0.5, 0.6) is 5.75 Å². The highest BCUT2D eigenvalue weighted by atomic mass is 16.5. The average molecular weight is 288 g/mol. The molecule has 1 saturated heterocycles. The van der Waals surface area contributed by atoms with Crippen molar-refractivity contribution in [2.24, 2.45) is 0 Å². The fraction of sp³-hybridized carbons (Fsp3) is 0.667. The van der Waals surface area contributed by atoms with Crippen molar-refractivity contribution in [3.63, 3.8) is 0 Å². The fourth-order valence-electron chi connectivity index (χ4n) is 3.49. The van der Waals surface area contributed by atoms with Crippen LogP contribution in [0.15, 0.2) is 18.2 Å². The van der Waals surface area contributed by atoms with Crippen LogP contribution in [0.4, 0.5) is 0 Å². The molecule has 3 rings (SSSR count). The van der Waals surface area contributed by atoms with Crippen LogP contribution in [0, 0.1) is 0 Å². The summed E-state index contributed by atoms with van der Waals surface area (Å²) in [4.78, 5) is 2.68. The molecule has 21 heavy (non-hydrogen) atoms. The van der Waals surface area contributed by atoms with Crippen LogP contribution in [0.3, 0.4) is 0 Å². The van der Waals surface area contributed by atoms with Crippen LogP contribution in [0.2, 0.25) is 0 Å². The zero-order valence-corrected chi connectivity index (χ0v) is 13.6. The number of ether oxygens (including phenoxy) is 1. The zero-order chi connectivity index (χ0) is 14.9. The minimum Gasteiger partial charge on any atom is -0.493 e. The molecule has 0 radical (unpaired) electrons. The van der Waals surface area contributed by atoms with E-state index in [1.165, 1.54) is 17.5 Å². The zero-order valence-electron chi connectivity index (χ0n) is 13.6. The molecule has 116 valence electrons. The minimum absolute atomic E-state index is 0.298. The quantitative estimate of drug-likeness (QED) is 0.922. The van der Waals surface area contributed by atoms with Gasteiger partial charge in [0.1, 0.15) is 5.75 Å². The molecule has 3 heteroatoms. The van der Waals surface area contributed by atoms with Crippen LogP contribution in [0.1, 0.15) is 38.3 Å². The van der Waals surface area contributed by atoms with Crippen LogP contribution in [0.25, 0.3) is 0 Å². The summed E-state index contributed by atoms with van der Waals surface area (Å²) in [5.74, 6) is 1.09. The Morgan fingerprint density at radius 1 is 1.43 bits per heavy atom. The summed E-state index contributed by atoms with van der Waals surface area (Å²) in [6, 6.07) is 7.32. The van der Waals surface area contributed by atoms with E-state index >= 15 is 0 Å². The Morgan fingerprint density at radius 2 is 2.29 bits per heavy atom. The molecule has 2 aliphatic heterocycles. The Labute approximate surface area is 128 Å². The van der Waals surface area contributed by atoms with E-state index in [-0.39, 0.29) is 0 Å². The summed E-state index contributed by atoms with van der Waals surface area (Å²) in [5, 5.41) is 3.63. The second-order valence-corrected chi connectivity index (χ2v) is 6.87. The van der Waals surface area contributed by atoms with Crippen molar-refractivity contribution < 1.29 is 4.74 Å². The van der Waals surface area contributed by atoms with Crippen molar-refractivity contribution in [3.05, 3.63) is 29.3 Å². The minimum atomic E-state index is 0.298. The van der Waals surface area contributed by atoms with Gasteiger partial charge >= 0.3 is 0 Å². The van der Waals surface area contributed by atoms with Crippen molar-refractivity contribution in [1.29, 1.82) is 0 Å². The molecule has 3 nitrogen and oxygen atoms in total. The first kappa shape index (κ1) is 14.9. The number of hydrogen-bond donors (Lipinski definition) is 1. The molecule has 2 aliphatic rings. The Morgan fingerprint density at radius 3 is 3.10 bits per heavy atom. The summed E-state index contributed by atoms with van der Waals surface area (Å²) in [7, 11) is 0. The van der Waals surface area contributed by atoms with Gasteiger partial charge in [0.2, 0.25) is 0 Å². The van der Waals surface area contributed by atoms with E-state index < -0.39 is 0 Å². The maximum atomic E-state index is 5.59. The number of rotatable bonds is 4. The van der Waals surface area contributed by atoms with Crippen molar-refractivity contribution >= 4 is 0 Å². The predicted molar refractivity (Wildman–Crippen MR) is 87.1 cm³/mol. The molecule has 0 aliphatic carbocycles. The lowest BCUT2D eigenvalue weighted by molar-refractivity contribution is 0.0538. The molecule has 1 N–H and O–H groups in total. The summed E-state index contributed by atoms with van der Waals surface area (Å²) >= 11 is 0. The number of fused-ring (bicyclic) bond motifs is 1. The van der Waals surface area contributed by atoms with Gasteiger partial charge in [-0.2, -0.15) is 0 Å². The van der Waals surface area contributed by atoms with Crippen LogP contribution in [-0.4, -0.2) is 42.7 Å². The number of benzene rings is 1. The van der Waals surface area contributed by atoms with Gasteiger partial charge in [0.05, 0.1) is 6.61 Å². The van der Waals surface area contributed by atoms with Crippen molar-refractivity contribution in [1.82, 2.24) is 10.2 Å². The normalized spacial score (nSPS) is 29.2. The molecular weight excluding hydrogens is 260 g/mol. The third-order valence-corrected chi connectivity index (χ3v) is 5.27. The van der Waals surface area contributed by atoms with Crippen LogP contribution >= 0.6 is 0 Å². The first-order valence-electron chi connectivity index (χ1n) is 8.34. The molecule has 2 atom stereocenters. The number of hydrogen-bond acceptors (Lipinski definition) is 3. The second kappa shape index (κ2) is 5.98. The lowest BCUT2D eigenvalue weighted by Crippen LogP contribution is -2.62. The van der Waals surface area contributed by atoms with Crippen molar-refractivity contribution in [2.75, 3.05) is 26.2 Å². The molecule has 1 fully saturated rings.